The first-order valence-corrected chi connectivity index (χ1v) is 6.58. The molecule has 3 rings (SSSR count). The molecule has 3 aromatic rings. The Hall–Kier alpha value is -2.21. The smallest absolute Gasteiger partial charge is 0.232 e. The summed E-state index contributed by atoms with van der Waals surface area (Å²) in [6, 6.07) is 10.1. The molecule has 0 aliphatic rings. The molecule has 6 heteroatoms. The predicted molar refractivity (Wildman–Crippen MR) is 77.2 cm³/mol. The first kappa shape index (κ1) is 12.8. The van der Waals surface area contributed by atoms with Gasteiger partial charge in [-0.15, -0.1) is 0 Å². The molecular weight excluding hydrogens is 325 g/mol. The van der Waals surface area contributed by atoms with Crippen molar-refractivity contribution in [2.24, 2.45) is 0 Å². The quantitative estimate of drug-likeness (QED) is 0.772. The van der Waals surface area contributed by atoms with Crippen LogP contribution >= 0.6 is 15.9 Å². The average molecular weight is 334 g/mol. The van der Waals surface area contributed by atoms with Gasteiger partial charge in [0.15, 0.2) is 0 Å². The molecule has 0 fully saturated rings. The van der Waals surface area contributed by atoms with Crippen LogP contribution in [0.1, 0.15) is 0 Å². The predicted octanol–water partition coefficient (Wildman–Crippen LogP) is 3.89. The number of aromatic nitrogens is 2. The zero-order valence-electron chi connectivity index (χ0n) is 10.2. The van der Waals surface area contributed by atoms with E-state index in [4.69, 9.17) is 10.3 Å². The van der Waals surface area contributed by atoms with E-state index >= 15 is 0 Å². The van der Waals surface area contributed by atoms with E-state index in [1.54, 1.807) is 30.5 Å². The van der Waals surface area contributed by atoms with Crippen LogP contribution in [0, 0.1) is 5.82 Å². The summed E-state index contributed by atoms with van der Waals surface area (Å²) in [5.41, 5.74) is 8.01. The third-order valence-corrected chi connectivity index (χ3v) is 3.65. The molecule has 2 heterocycles. The molecule has 0 unspecified atom stereocenters. The van der Waals surface area contributed by atoms with Crippen molar-refractivity contribution in [2.45, 2.75) is 0 Å². The summed E-state index contributed by atoms with van der Waals surface area (Å²) in [6.07, 6.45) is 1.65. The molecule has 0 bridgehead atoms. The lowest BCUT2D eigenvalue weighted by Crippen LogP contribution is -1.91. The highest BCUT2D eigenvalue weighted by molar-refractivity contribution is 9.10. The van der Waals surface area contributed by atoms with Crippen molar-refractivity contribution in [2.75, 3.05) is 5.73 Å². The van der Waals surface area contributed by atoms with Crippen molar-refractivity contribution >= 4 is 21.8 Å². The first-order chi connectivity index (χ1) is 9.68. The zero-order valence-corrected chi connectivity index (χ0v) is 11.8. The average Bonchev–Trinajstić information content (AvgIpc) is 2.84. The second-order valence-corrected chi connectivity index (χ2v) is 4.88. The first-order valence-electron chi connectivity index (χ1n) is 5.79. The molecule has 0 amide bonds. The van der Waals surface area contributed by atoms with Gasteiger partial charge in [0.1, 0.15) is 11.5 Å². The molecule has 0 spiro atoms. The Morgan fingerprint density at radius 3 is 2.75 bits per heavy atom. The standard InChI is InChI=1S/C14H9BrFN3O/c15-12-8(4-3-5-9(12)16)13-11(14(17)20-19-13)10-6-1-2-7-18-10/h1-7H,17H2. The van der Waals surface area contributed by atoms with E-state index in [-0.39, 0.29) is 11.7 Å². The Bertz CT molecular complexity index is 758. The van der Waals surface area contributed by atoms with E-state index in [1.165, 1.54) is 6.07 Å². The van der Waals surface area contributed by atoms with Gasteiger partial charge in [0, 0.05) is 11.8 Å². The number of nitrogens with two attached hydrogens (primary N) is 1. The summed E-state index contributed by atoms with van der Waals surface area (Å²) >= 11 is 3.21. The van der Waals surface area contributed by atoms with Crippen molar-refractivity contribution in [3.05, 3.63) is 52.9 Å². The second kappa shape index (κ2) is 5.05. The number of hydrogen-bond acceptors (Lipinski definition) is 4. The minimum atomic E-state index is -0.379. The molecule has 2 N–H and O–H groups in total. The lowest BCUT2D eigenvalue weighted by molar-refractivity contribution is 0.439. The summed E-state index contributed by atoms with van der Waals surface area (Å²) in [7, 11) is 0. The fourth-order valence-corrected chi connectivity index (χ4v) is 2.38. The monoisotopic (exact) mass is 333 g/mol. The second-order valence-electron chi connectivity index (χ2n) is 4.09. The Morgan fingerprint density at radius 1 is 1.15 bits per heavy atom. The van der Waals surface area contributed by atoms with Crippen molar-refractivity contribution in [3.8, 4) is 22.5 Å². The Balaban J connectivity index is 2.24. The van der Waals surface area contributed by atoms with Crippen LogP contribution in [-0.4, -0.2) is 10.1 Å². The largest absolute Gasteiger partial charge is 0.367 e. The van der Waals surface area contributed by atoms with Crippen molar-refractivity contribution in [1.82, 2.24) is 10.1 Å². The third-order valence-electron chi connectivity index (χ3n) is 2.85. The minimum absolute atomic E-state index is 0.148. The third kappa shape index (κ3) is 2.08. The summed E-state index contributed by atoms with van der Waals surface area (Å²) in [5, 5.41) is 3.93. The van der Waals surface area contributed by atoms with Gasteiger partial charge in [-0.25, -0.2) is 4.39 Å². The van der Waals surface area contributed by atoms with Gasteiger partial charge in [-0.3, -0.25) is 4.98 Å². The van der Waals surface area contributed by atoms with Crippen LogP contribution in [0.15, 0.2) is 51.6 Å². The summed E-state index contributed by atoms with van der Waals surface area (Å²) < 4.78 is 19.0. The molecule has 0 atom stereocenters. The van der Waals surface area contributed by atoms with Crippen LogP contribution in [0.25, 0.3) is 22.5 Å². The number of halogens is 2. The van der Waals surface area contributed by atoms with E-state index in [0.29, 0.717) is 27.0 Å². The number of rotatable bonds is 2. The highest BCUT2D eigenvalue weighted by Gasteiger charge is 2.21. The number of pyridine rings is 1. The fraction of sp³-hybridized carbons (Fsp3) is 0. The molecule has 2 aromatic heterocycles. The van der Waals surface area contributed by atoms with Gasteiger partial charge < -0.3 is 10.3 Å². The fourth-order valence-electron chi connectivity index (χ4n) is 1.93. The van der Waals surface area contributed by atoms with E-state index in [1.807, 2.05) is 6.07 Å². The van der Waals surface area contributed by atoms with E-state index in [9.17, 15) is 4.39 Å². The van der Waals surface area contributed by atoms with Crippen LogP contribution < -0.4 is 5.73 Å². The number of hydrogen-bond donors (Lipinski definition) is 1. The topological polar surface area (TPSA) is 64.9 Å². The maximum absolute atomic E-state index is 13.7. The van der Waals surface area contributed by atoms with Gasteiger partial charge in [-0.05, 0) is 34.1 Å². The van der Waals surface area contributed by atoms with Gasteiger partial charge in [0.05, 0.1) is 15.7 Å². The maximum atomic E-state index is 13.7. The number of anilines is 1. The molecule has 0 aliphatic heterocycles. The molecule has 0 saturated heterocycles. The molecule has 0 aliphatic carbocycles. The Kier molecular flexibility index (Phi) is 3.23. The highest BCUT2D eigenvalue weighted by atomic mass is 79.9. The van der Waals surface area contributed by atoms with Crippen LogP contribution in [0.3, 0.4) is 0 Å². The Morgan fingerprint density at radius 2 is 2.00 bits per heavy atom. The van der Waals surface area contributed by atoms with Crippen molar-refractivity contribution in [3.63, 3.8) is 0 Å². The van der Waals surface area contributed by atoms with E-state index in [2.05, 4.69) is 26.1 Å². The van der Waals surface area contributed by atoms with Gasteiger partial charge in [0.2, 0.25) is 5.88 Å². The normalized spacial score (nSPS) is 10.7. The molecule has 1 aromatic carbocycles. The van der Waals surface area contributed by atoms with E-state index < -0.39 is 0 Å². The number of nitrogen functional groups attached to an aromatic ring is 1. The molecule has 0 radical (unpaired) electrons. The minimum Gasteiger partial charge on any atom is -0.367 e. The van der Waals surface area contributed by atoms with Crippen molar-refractivity contribution in [1.29, 1.82) is 0 Å². The molecule has 0 saturated carbocycles. The molecule has 4 nitrogen and oxygen atoms in total. The number of benzene rings is 1. The number of nitrogens with zero attached hydrogens (tertiary/aromatic N) is 2. The zero-order chi connectivity index (χ0) is 14.1. The maximum Gasteiger partial charge on any atom is 0.232 e. The van der Waals surface area contributed by atoms with Crippen LogP contribution in [-0.2, 0) is 0 Å². The van der Waals surface area contributed by atoms with Gasteiger partial charge in [-0.2, -0.15) is 0 Å². The SMILES string of the molecule is Nc1onc(-c2cccc(F)c2Br)c1-c1ccccn1. The van der Waals surface area contributed by atoms with E-state index in [0.717, 1.165) is 0 Å². The Labute approximate surface area is 122 Å². The van der Waals surface area contributed by atoms with Crippen LogP contribution in [0.4, 0.5) is 10.3 Å². The summed E-state index contributed by atoms with van der Waals surface area (Å²) in [6.45, 7) is 0. The van der Waals surface area contributed by atoms with Crippen LogP contribution in [0.2, 0.25) is 0 Å². The van der Waals surface area contributed by atoms with Crippen molar-refractivity contribution < 1.29 is 8.91 Å². The lowest BCUT2D eigenvalue weighted by atomic mass is 10.0. The lowest BCUT2D eigenvalue weighted by Gasteiger charge is -2.04. The molecule has 20 heavy (non-hydrogen) atoms. The van der Waals surface area contributed by atoms with Gasteiger partial charge >= 0.3 is 0 Å². The van der Waals surface area contributed by atoms with Crippen LogP contribution in [0.5, 0.6) is 0 Å². The summed E-state index contributed by atoms with van der Waals surface area (Å²) in [5.74, 6) is -0.231. The van der Waals surface area contributed by atoms with Gasteiger partial charge in [-0.1, -0.05) is 23.4 Å². The summed E-state index contributed by atoms with van der Waals surface area (Å²) in [4.78, 5) is 4.23. The molecular formula is C14H9BrFN3O. The van der Waals surface area contributed by atoms with Gasteiger partial charge in [0.25, 0.3) is 0 Å². The molecule has 100 valence electrons. The highest BCUT2D eigenvalue weighted by Crippen LogP contribution is 2.38.